The molecule has 0 aliphatic carbocycles. The minimum absolute atomic E-state index is 0.316. The molecule has 0 aromatic rings. The molecule has 0 aliphatic rings. The van der Waals surface area contributed by atoms with Crippen molar-refractivity contribution < 1.29 is 19.8 Å². The molecule has 0 rings (SSSR count). The Balaban J connectivity index is 0. The van der Waals surface area contributed by atoms with Gasteiger partial charge < -0.3 is 21.7 Å². The van der Waals surface area contributed by atoms with Crippen molar-refractivity contribution in [2.45, 2.75) is 96.4 Å². The van der Waals surface area contributed by atoms with Crippen molar-refractivity contribution >= 4 is 11.9 Å². The SMILES string of the molecule is CCCCCCCC(N)C(=O)O.NCCCCCCCCC(=O)O. The van der Waals surface area contributed by atoms with E-state index in [0.717, 1.165) is 45.1 Å². The Morgan fingerprint density at radius 2 is 1.33 bits per heavy atom. The Bertz CT molecular complexity index is 299. The van der Waals surface area contributed by atoms with Gasteiger partial charge in [-0.3, -0.25) is 9.59 Å². The fourth-order valence-electron chi connectivity index (χ4n) is 2.22. The van der Waals surface area contributed by atoms with Gasteiger partial charge in [0.1, 0.15) is 6.04 Å². The van der Waals surface area contributed by atoms with Crippen LogP contribution in [0.1, 0.15) is 90.4 Å². The number of rotatable bonds is 15. The largest absolute Gasteiger partial charge is 0.481 e. The average Bonchev–Trinajstić information content (AvgIpc) is 2.54. The Hall–Kier alpha value is -1.14. The number of hydrogen-bond donors (Lipinski definition) is 4. The van der Waals surface area contributed by atoms with Crippen LogP contribution in [0.5, 0.6) is 0 Å². The molecule has 0 saturated heterocycles. The second-order valence-corrected chi connectivity index (χ2v) is 6.20. The first-order valence-corrected chi connectivity index (χ1v) is 9.35. The van der Waals surface area contributed by atoms with Crippen LogP contribution in [0.4, 0.5) is 0 Å². The lowest BCUT2D eigenvalue weighted by molar-refractivity contribution is -0.139. The number of carbonyl (C=O) groups is 2. The summed E-state index contributed by atoms with van der Waals surface area (Å²) in [6, 6.07) is -0.661. The smallest absolute Gasteiger partial charge is 0.320 e. The van der Waals surface area contributed by atoms with Gasteiger partial charge in [-0.25, -0.2) is 0 Å². The molecule has 1 unspecified atom stereocenters. The van der Waals surface area contributed by atoms with Crippen LogP contribution in [-0.2, 0) is 9.59 Å². The Morgan fingerprint density at radius 3 is 1.83 bits per heavy atom. The van der Waals surface area contributed by atoms with E-state index >= 15 is 0 Å². The summed E-state index contributed by atoms with van der Waals surface area (Å²) in [5, 5.41) is 16.8. The zero-order valence-corrected chi connectivity index (χ0v) is 15.3. The Morgan fingerprint density at radius 1 is 0.833 bits per heavy atom. The summed E-state index contributed by atoms with van der Waals surface area (Å²) in [6.07, 6.45) is 13.1. The first-order valence-electron chi connectivity index (χ1n) is 9.35. The molecule has 0 amide bonds. The molecule has 0 fully saturated rings. The van der Waals surface area contributed by atoms with E-state index in [0.29, 0.717) is 12.8 Å². The van der Waals surface area contributed by atoms with Crippen LogP contribution in [0.15, 0.2) is 0 Å². The van der Waals surface area contributed by atoms with E-state index in [1.54, 1.807) is 0 Å². The Labute approximate surface area is 147 Å². The second kappa shape index (κ2) is 19.9. The van der Waals surface area contributed by atoms with Crippen molar-refractivity contribution in [2.24, 2.45) is 11.5 Å². The monoisotopic (exact) mass is 346 g/mol. The van der Waals surface area contributed by atoms with Crippen LogP contribution < -0.4 is 11.5 Å². The number of carboxylic acid groups (broad SMARTS) is 2. The van der Waals surface area contributed by atoms with E-state index in [4.69, 9.17) is 21.7 Å². The van der Waals surface area contributed by atoms with Crippen molar-refractivity contribution in [3.05, 3.63) is 0 Å². The minimum atomic E-state index is -0.884. The lowest BCUT2D eigenvalue weighted by atomic mass is 10.1. The molecular weight excluding hydrogens is 308 g/mol. The highest BCUT2D eigenvalue weighted by atomic mass is 16.4. The minimum Gasteiger partial charge on any atom is -0.481 e. The molecule has 0 aliphatic heterocycles. The van der Waals surface area contributed by atoms with Gasteiger partial charge in [0.25, 0.3) is 0 Å². The maximum Gasteiger partial charge on any atom is 0.320 e. The summed E-state index contributed by atoms with van der Waals surface area (Å²) in [4.78, 5) is 20.4. The molecule has 24 heavy (non-hydrogen) atoms. The molecule has 0 heterocycles. The summed E-state index contributed by atoms with van der Waals surface area (Å²) in [6.45, 7) is 2.93. The third kappa shape index (κ3) is 23.1. The zero-order valence-electron chi connectivity index (χ0n) is 15.3. The molecule has 1 atom stereocenters. The molecule has 6 nitrogen and oxygen atoms in total. The van der Waals surface area contributed by atoms with E-state index in [9.17, 15) is 9.59 Å². The van der Waals surface area contributed by atoms with E-state index in [1.807, 2.05) is 0 Å². The number of unbranched alkanes of at least 4 members (excludes halogenated alkanes) is 9. The Kier molecular flexibility index (Phi) is 20.8. The summed E-state index contributed by atoms with van der Waals surface area (Å²) >= 11 is 0. The molecule has 0 saturated carbocycles. The molecule has 144 valence electrons. The molecule has 6 heteroatoms. The first kappa shape index (κ1) is 25.1. The van der Waals surface area contributed by atoms with Gasteiger partial charge in [-0.1, -0.05) is 64.7 Å². The topological polar surface area (TPSA) is 127 Å². The van der Waals surface area contributed by atoms with Crippen molar-refractivity contribution in [1.29, 1.82) is 0 Å². The highest BCUT2D eigenvalue weighted by Gasteiger charge is 2.09. The second-order valence-electron chi connectivity index (χ2n) is 6.20. The van der Waals surface area contributed by atoms with E-state index in [-0.39, 0.29) is 0 Å². The third-order valence-electron chi connectivity index (χ3n) is 3.78. The number of carboxylic acids is 2. The molecule has 0 aromatic carbocycles. The van der Waals surface area contributed by atoms with Gasteiger partial charge in [0.15, 0.2) is 0 Å². The zero-order chi connectivity index (χ0) is 18.6. The van der Waals surface area contributed by atoms with Crippen molar-refractivity contribution in [3.8, 4) is 0 Å². The van der Waals surface area contributed by atoms with Crippen molar-refractivity contribution in [3.63, 3.8) is 0 Å². The van der Waals surface area contributed by atoms with Gasteiger partial charge in [-0.2, -0.15) is 0 Å². The van der Waals surface area contributed by atoms with Gasteiger partial charge in [-0.05, 0) is 25.8 Å². The molecule has 0 radical (unpaired) electrons. The van der Waals surface area contributed by atoms with E-state index in [1.165, 1.54) is 32.1 Å². The standard InChI is InChI=1S/2C9H19NO2/c1-2-3-4-5-6-7-8(10)9(11)12;10-8-6-4-2-1-3-5-7-9(11)12/h8H,2-7,10H2,1H3,(H,11,12);1-8,10H2,(H,11,12). The molecule has 0 spiro atoms. The molecular formula is C18H38N2O4. The maximum absolute atomic E-state index is 10.3. The van der Waals surface area contributed by atoms with Gasteiger partial charge in [0.2, 0.25) is 0 Å². The number of aliphatic carboxylic acids is 2. The highest BCUT2D eigenvalue weighted by molar-refractivity contribution is 5.72. The van der Waals surface area contributed by atoms with Crippen molar-refractivity contribution in [1.82, 2.24) is 0 Å². The van der Waals surface area contributed by atoms with E-state index < -0.39 is 18.0 Å². The maximum atomic E-state index is 10.3. The van der Waals surface area contributed by atoms with Crippen LogP contribution in [-0.4, -0.2) is 34.7 Å². The highest BCUT2D eigenvalue weighted by Crippen LogP contribution is 2.07. The van der Waals surface area contributed by atoms with Gasteiger partial charge >= 0.3 is 11.9 Å². The number of nitrogens with two attached hydrogens (primary N) is 2. The van der Waals surface area contributed by atoms with Crippen LogP contribution in [0, 0.1) is 0 Å². The van der Waals surface area contributed by atoms with Crippen LogP contribution >= 0.6 is 0 Å². The third-order valence-corrected chi connectivity index (χ3v) is 3.78. The summed E-state index contributed by atoms with van der Waals surface area (Å²) in [5.74, 6) is -1.57. The van der Waals surface area contributed by atoms with E-state index in [2.05, 4.69) is 6.92 Å². The molecule has 0 aromatic heterocycles. The van der Waals surface area contributed by atoms with Crippen molar-refractivity contribution in [2.75, 3.05) is 6.54 Å². The van der Waals surface area contributed by atoms with Gasteiger partial charge in [0.05, 0.1) is 0 Å². The number of hydrogen-bond acceptors (Lipinski definition) is 4. The van der Waals surface area contributed by atoms with Gasteiger partial charge in [0, 0.05) is 6.42 Å². The first-order chi connectivity index (χ1) is 11.5. The fraction of sp³-hybridized carbons (Fsp3) is 0.889. The van der Waals surface area contributed by atoms with Gasteiger partial charge in [-0.15, -0.1) is 0 Å². The molecule has 0 bridgehead atoms. The average molecular weight is 347 g/mol. The quantitative estimate of drug-likeness (QED) is 0.336. The fourth-order valence-corrected chi connectivity index (χ4v) is 2.22. The predicted molar refractivity (Wildman–Crippen MR) is 98.0 cm³/mol. The predicted octanol–water partition coefficient (Wildman–Crippen LogP) is 3.52. The van der Waals surface area contributed by atoms with Crippen LogP contribution in [0.25, 0.3) is 0 Å². The summed E-state index contributed by atoms with van der Waals surface area (Å²) < 4.78 is 0. The normalized spacial score (nSPS) is 11.5. The summed E-state index contributed by atoms with van der Waals surface area (Å²) in [5.41, 5.74) is 10.7. The lowest BCUT2D eigenvalue weighted by Crippen LogP contribution is -2.29. The lowest BCUT2D eigenvalue weighted by Gasteiger charge is -2.04. The van der Waals surface area contributed by atoms with Crippen LogP contribution in [0.3, 0.4) is 0 Å². The molecule has 6 N–H and O–H groups in total. The van der Waals surface area contributed by atoms with Crippen LogP contribution in [0.2, 0.25) is 0 Å². The summed E-state index contributed by atoms with van der Waals surface area (Å²) in [7, 11) is 0.